The molecule has 2 aromatic carbocycles. The molecule has 0 aliphatic rings. The Bertz CT molecular complexity index is 752. The van der Waals surface area contributed by atoms with Crippen LogP contribution in [0.25, 0.3) is 0 Å². The van der Waals surface area contributed by atoms with Crippen LogP contribution >= 0.6 is 0 Å². The van der Waals surface area contributed by atoms with Crippen LogP contribution in [0, 0.1) is 13.8 Å². The average molecular weight is 356 g/mol. The molecule has 0 radical (unpaired) electrons. The van der Waals surface area contributed by atoms with E-state index < -0.39 is 0 Å². The fraction of sp³-hybridized carbons (Fsp3) is 0.381. The molecule has 0 saturated heterocycles. The lowest BCUT2D eigenvalue weighted by atomic mass is 10.0. The molecule has 0 aliphatic carbocycles. The van der Waals surface area contributed by atoms with E-state index in [1.165, 1.54) is 0 Å². The third kappa shape index (κ3) is 4.76. The van der Waals surface area contributed by atoms with Crippen molar-refractivity contribution in [1.82, 2.24) is 10.2 Å². The molecule has 2 aromatic rings. The zero-order chi connectivity index (χ0) is 19.3. The van der Waals surface area contributed by atoms with Crippen LogP contribution in [0.4, 0.5) is 0 Å². The summed E-state index contributed by atoms with van der Waals surface area (Å²) in [5.41, 5.74) is 3.90. The zero-order valence-corrected chi connectivity index (χ0v) is 16.4. The van der Waals surface area contributed by atoms with Gasteiger partial charge in [0.25, 0.3) is 5.91 Å². The molecular formula is C21H28N2O3. The number of carbonyl (C=O) groups is 1. The molecule has 0 heterocycles. The number of nitrogens with one attached hydrogen (secondary N) is 1. The quantitative estimate of drug-likeness (QED) is 0.827. The molecule has 5 heteroatoms. The number of benzene rings is 2. The normalized spacial score (nSPS) is 12.0. The van der Waals surface area contributed by atoms with Crippen LogP contribution in [0.3, 0.4) is 0 Å². The number of amides is 1. The highest BCUT2D eigenvalue weighted by Crippen LogP contribution is 2.31. The fourth-order valence-electron chi connectivity index (χ4n) is 3.06. The highest BCUT2D eigenvalue weighted by atomic mass is 16.5. The van der Waals surface area contributed by atoms with Crippen molar-refractivity contribution in [2.24, 2.45) is 0 Å². The number of rotatable bonds is 7. The maximum absolute atomic E-state index is 12.6. The highest BCUT2D eigenvalue weighted by Gasteiger charge is 2.18. The predicted octanol–water partition coefficient (Wildman–Crippen LogP) is 3.35. The molecule has 0 aliphatic heterocycles. The van der Waals surface area contributed by atoms with Crippen molar-refractivity contribution in [3.8, 4) is 11.5 Å². The van der Waals surface area contributed by atoms with E-state index in [-0.39, 0.29) is 11.9 Å². The Morgan fingerprint density at radius 1 is 1.00 bits per heavy atom. The third-order valence-corrected chi connectivity index (χ3v) is 4.36. The van der Waals surface area contributed by atoms with Gasteiger partial charge in [-0.25, -0.2) is 0 Å². The molecule has 0 aromatic heterocycles. The fourth-order valence-corrected chi connectivity index (χ4v) is 3.06. The van der Waals surface area contributed by atoms with E-state index in [9.17, 15) is 4.79 Å². The Labute approximate surface area is 155 Å². The van der Waals surface area contributed by atoms with Crippen LogP contribution in [0.1, 0.15) is 33.1 Å². The van der Waals surface area contributed by atoms with E-state index in [1.807, 2.05) is 58.3 Å². The van der Waals surface area contributed by atoms with Gasteiger partial charge < -0.3 is 19.7 Å². The van der Waals surface area contributed by atoms with Crippen molar-refractivity contribution >= 4 is 5.91 Å². The largest absolute Gasteiger partial charge is 0.493 e. The predicted molar refractivity (Wildman–Crippen MR) is 104 cm³/mol. The highest BCUT2D eigenvalue weighted by molar-refractivity contribution is 5.94. The molecule has 0 unspecified atom stereocenters. The molecule has 140 valence electrons. The van der Waals surface area contributed by atoms with Crippen LogP contribution in [0.5, 0.6) is 11.5 Å². The number of methoxy groups -OCH3 is 2. The van der Waals surface area contributed by atoms with Gasteiger partial charge in [0, 0.05) is 12.1 Å². The average Bonchev–Trinajstić information content (AvgIpc) is 2.60. The lowest BCUT2D eigenvalue weighted by Gasteiger charge is -2.26. The summed E-state index contributed by atoms with van der Waals surface area (Å²) in [7, 11) is 7.22. The molecule has 5 nitrogen and oxygen atoms in total. The molecule has 1 atom stereocenters. The van der Waals surface area contributed by atoms with Gasteiger partial charge in [0.2, 0.25) is 0 Å². The molecule has 0 fully saturated rings. The first-order valence-corrected chi connectivity index (χ1v) is 8.60. The summed E-state index contributed by atoms with van der Waals surface area (Å²) < 4.78 is 10.7. The maximum Gasteiger partial charge on any atom is 0.251 e. The van der Waals surface area contributed by atoms with E-state index >= 15 is 0 Å². The topological polar surface area (TPSA) is 50.8 Å². The Morgan fingerprint density at radius 2 is 1.62 bits per heavy atom. The van der Waals surface area contributed by atoms with Gasteiger partial charge in [-0.2, -0.15) is 0 Å². The van der Waals surface area contributed by atoms with Crippen molar-refractivity contribution < 1.29 is 14.3 Å². The summed E-state index contributed by atoms with van der Waals surface area (Å²) in [6, 6.07) is 11.7. The molecule has 2 rings (SSSR count). The number of likely N-dealkylation sites (N-methyl/N-ethyl adjacent to an activating group) is 1. The Morgan fingerprint density at radius 3 is 2.15 bits per heavy atom. The number of aryl methyl sites for hydroxylation is 2. The van der Waals surface area contributed by atoms with Crippen molar-refractivity contribution in [2.45, 2.75) is 19.9 Å². The van der Waals surface area contributed by atoms with Crippen molar-refractivity contribution in [3.63, 3.8) is 0 Å². The van der Waals surface area contributed by atoms with Gasteiger partial charge in [-0.1, -0.05) is 23.3 Å². The van der Waals surface area contributed by atoms with Crippen molar-refractivity contribution in [2.75, 3.05) is 34.9 Å². The second-order valence-corrected chi connectivity index (χ2v) is 6.68. The minimum absolute atomic E-state index is 0.0182. The summed E-state index contributed by atoms with van der Waals surface area (Å²) in [4.78, 5) is 14.6. The lowest BCUT2D eigenvalue weighted by Crippen LogP contribution is -2.34. The van der Waals surface area contributed by atoms with Gasteiger partial charge >= 0.3 is 0 Å². The standard InChI is InChI=1S/C21H28N2O3/c1-14-9-15(2)11-17(10-14)21(24)22-13-18(23(3)4)16-7-8-19(25-5)20(12-16)26-6/h7-12,18H,13H2,1-6H3,(H,22,24)/t18-/m0/s1. The number of hydrogen-bond donors (Lipinski definition) is 1. The van der Waals surface area contributed by atoms with E-state index in [1.54, 1.807) is 14.2 Å². The summed E-state index contributed by atoms with van der Waals surface area (Å²) in [5.74, 6) is 1.30. The summed E-state index contributed by atoms with van der Waals surface area (Å²) in [6.45, 7) is 4.49. The van der Waals surface area contributed by atoms with Crippen molar-refractivity contribution in [1.29, 1.82) is 0 Å². The summed E-state index contributed by atoms with van der Waals surface area (Å²) in [6.07, 6.45) is 0. The van der Waals surface area contributed by atoms with E-state index in [4.69, 9.17) is 9.47 Å². The minimum Gasteiger partial charge on any atom is -0.493 e. The second-order valence-electron chi connectivity index (χ2n) is 6.68. The Kier molecular flexibility index (Phi) is 6.64. The summed E-state index contributed by atoms with van der Waals surface area (Å²) in [5, 5.41) is 3.05. The van der Waals surface area contributed by atoms with Gasteiger partial charge in [0.05, 0.1) is 20.3 Å². The number of hydrogen-bond acceptors (Lipinski definition) is 4. The van der Waals surface area contributed by atoms with Gasteiger partial charge in [-0.15, -0.1) is 0 Å². The van der Waals surface area contributed by atoms with Gasteiger partial charge in [-0.05, 0) is 57.8 Å². The first-order chi connectivity index (χ1) is 12.3. The second kappa shape index (κ2) is 8.72. The first-order valence-electron chi connectivity index (χ1n) is 8.60. The van der Waals surface area contributed by atoms with Crippen molar-refractivity contribution in [3.05, 3.63) is 58.7 Å². The van der Waals surface area contributed by atoms with Crippen LogP contribution in [-0.4, -0.2) is 45.7 Å². The summed E-state index contributed by atoms with van der Waals surface area (Å²) >= 11 is 0. The first kappa shape index (κ1) is 19.8. The number of carbonyl (C=O) groups excluding carboxylic acids is 1. The van der Waals surface area contributed by atoms with Gasteiger partial charge in [-0.3, -0.25) is 4.79 Å². The molecular weight excluding hydrogens is 328 g/mol. The Hall–Kier alpha value is -2.53. The van der Waals surface area contributed by atoms with E-state index in [2.05, 4.69) is 16.3 Å². The zero-order valence-electron chi connectivity index (χ0n) is 16.4. The van der Waals surface area contributed by atoms with Crippen LogP contribution in [-0.2, 0) is 0 Å². The number of nitrogens with zero attached hydrogens (tertiary/aromatic N) is 1. The Balaban J connectivity index is 2.17. The molecule has 0 bridgehead atoms. The SMILES string of the molecule is COc1ccc([C@H](CNC(=O)c2cc(C)cc(C)c2)N(C)C)cc1OC. The number of ether oxygens (including phenoxy) is 2. The van der Waals surface area contributed by atoms with Gasteiger partial charge in [0.15, 0.2) is 11.5 Å². The van der Waals surface area contributed by atoms with Crippen LogP contribution in [0.15, 0.2) is 36.4 Å². The minimum atomic E-state index is -0.0656. The molecule has 0 saturated carbocycles. The molecule has 0 spiro atoms. The van der Waals surface area contributed by atoms with E-state index in [0.29, 0.717) is 23.6 Å². The molecule has 1 N–H and O–H groups in total. The van der Waals surface area contributed by atoms with Gasteiger partial charge in [0.1, 0.15) is 0 Å². The maximum atomic E-state index is 12.6. The third-order valence-electron chi connectivity index (χ3n) is 4.36. The smallest absolute Gasteiger partial charge is 0.251 e. The molecule has 1 amide bonds. The lowest BCUT2D eigenvalue weighted by molar-refractivity contribution is 0.0941. The van der Waals surface area contributed by atoms with E-state index in [0.717, 1.165) is 16.7 Å². The molecule has 26 heavy (non-hydrogen) atoms. The van der Waals surface area contributed by atoms with Crippen LogP contribution < -0.4 is 14.8 Å². The monoisotopic (exact) mass is 356 g/mol. The van der Waals surface area contributed by atoms with Crippen LogP contribution in [0.2, 0.25) is 0 Å².